The highest BCUT2D eigenvalue weighted by molar-refractivity contribution is 5.97. The second-order valence-corrected chi connectivity index (χ2v) is 5.43. The normalized spacial score (nSPS) is 22.1. The number of carbonyl (C=O) groups is 1. The van der Waals surface area contributed by atoms with Crippen LogP contribution >= 0.6 is 0 Å². The molecular formula is C16H19N3O. The molecule has 1 unspecified atom stereocenters. The maximum Gasteiger partial charge on any atom is 0.231 e. The minimum absolute atomic E-state index is 0.119. The third-order valence-corrected chi connectivity index (χ3v) is 4.26. The molecule has 0 spiro atoms. The molecule has 2 N–H and O–H groups in total. The van der Waals surface area contributed by atoms with E-state index in [0.29, 0.717) is 0 Å². The second-order valence-electron chi connectivity index (χ2n) is 5.43. The van der Waals surface area contributed by atoms with Gasteiger partial charge in [-0.15, -0.1) is 0 Å². The number of pyridine rings is 1. The van der Waals surface area contributed by atoms with Crippen molar-refractivity contribution in [3.8, 4) is 0 Å². The molecule has 1 aliphatic rings. The first-order valence-electron chi connectivity index (χ1n) is 7.10. The summed E-state index contributed by atoms with van der Waals surface area (Å²) in [6.45, 7) is 3.77. The molecule has 1 atom stereocenters. The first-order valence-corrected chi connectivity index (χ1v) is 7.10. The fourth-order valence-electron chi connectivity index (χ4n) is 2.82. The molecule has 4 nitrogen and oxygen atoms in total. The molecule has 1 saturated heterocycles. The van der Waals surface area contributed by atoms with Crippen LogP contribution in [0, 0.1) is 5.41 Å². The summed E-state index contributed by atoms with van der Waals surface area (Å²) >= 11 is 0. The Balaban J connectivity index is 1.83. The fourth-order valence-corrected chi connectivity index (χ4v) is 2.82. The summed E-state index contributed by atoms with van der Waals surface area (Å²) in [5.41, 5.74) is 1.53. The highest BCUT2D eigenvalue weighted by Gasteiger charge is 2.39. The lowest BCUT2D eigenvalue weighted by atomic mass is 9.83. The van der Waals surface area contributed by atoms with Gasteiger partial charge in [-0.1, -0.05) is 13.0 Å². The van der Waals surface area contributed by atoms with Crippen molar-refractivity contribution in [2.75, 3.05) is 18.4 Å². The Hall–Kier alpha value is -1.94. The number of rotatable bonds is 3. The van der Waals surface area contributed by atoms with Gasteiger partial charge in [0.15, 0.2) is 0 Å². The summed E-state index contributed by atoms with van der Waals surface area (Å²) in [7, 11) is 0. The zero-order valence-electron chi connectivity index (χ0n) is 11.6. The van der Waals surface area contributed by atoms with Crippen LogP contribution in [0.15, 0.2) is 36.5 Å². The van der Waals surface area contributed by atoms with E-state index in [1.54, 1.807) is 6.20 Å². The average molecular weight is 269 g/mol. The van der Waals surface area contributed by atoms with Gasteiger partial charge < -0.3 is 10.6 Å². The highest BCUT2D eigenvalue weighted by atomic mass is 16.2. The minimum Gasteiger partial charge on any atom is -0.326 e. The smallest absolute Gasteiger partial charge is 0.231 e. The lowest BCUT2D eigenvalue weighted by Crippen LogP contribution is -2.37. The van der Waals surface area contributed by atoms with E-state index in [1.165, 1.54) is 0 Å². The maximum atomic E-state index is 12.5. The molecule has 1 aromatic heterocycles. The first kappa shape index (κ1) is 13.1. The number of amides is 1. The van der Waals surface area contributed by atoms with Crippen LogP contribution < -0.4 is 10.6 Å². The predicted molar refractivity (Wildman–Crippen MR) is 80.6 cm³/mol. The fraction of sp³-hybridized carbons (Fsp3) is 0.375. The molecule has 2 heterocycles. The van der Waals surface area contributed by atoms with Gasteiger partial charge in [-0.3, -0.25) is 9.78 Å². The summed E-state index contributed by atoms with van der Waals surface area (Å²) in [6.07, 6.45) is 3.54. The van der Waals surface area contributed by atoms with E-state index < -0.39 is 0 Å². The van der Waals surface area contributed by atoms with Crippen LogP contribution in [0.1, 0.15) is 19.8 Å². The van der Waals surface area contributed by atoms with E-state index in [9.17, 15) is 4.79 Å². The van der Waals surface area contributed by atoms with E-state index in [4.69, 9.17) is 0 Å². The Morgan fingerprint density at radius 1 is 1.45 bits per heavy atom. The quantitative estimate of drug-likeness (QED) is 0.900. The largest absolute Gasteiger partial charge is 0.326 e. The molecule has 1 amide bonds. The SMILES string of the molecule is CCC1(C(=O)Nc2ccc3ncccc3c2)CCNC1. The van der Waals surface area contributed by atoms with Crippen molar-refractivity contribution in [1.82, 2.24) is 10.3 Å². The molecule has 0 radical (unpaired) electrons. The number of hydrogen-bond acceptors (Lipinski definition) is 3. The van der Waals surface area contributed by atoms with Gasteiger partial charge in [0.05, 0.1) is 10.9 Å². The van der Waals surface area contributed by atoms with Crippen LogP contribution in [-0.2, 0) is 4.79 Å². The Labute approximate surface area is 118 Å². The summed E-state index contributed by atoms with van der Waals surface area (Å²) < 4.78 is 0. The average Bonchev–Trinajstić information content (AvgIpc) is 2.97. The number of nitrogens with one attached hydrogen (secondary N) is 2. The Morgan fingerprint density at radius 3 is 3.10 bits per heavy atom. The van der Waals surface area contributed by atoms with Crippen molar-refractivity contribution >= 4 is 22.5 Å². The van der Waals surface area contributed by atoms with E-state index in [1.807, 2.05) is 30.3 Å². The molecule has 1 aliphatic heterocycles. The minimum atomic E-state index is -0.260. The van der Waals surface area contributed by atoms with Crippen LogP contribution in [0.5, 0.6) is 0 Å². The third kappa shape index (κ3) is 2.27. The van der Waals surface area contributed by atoms with Gasteiger partial charge >= 0.3 is 0 Å². The van der Waals surface area contributed by atoms with E-state index in [0.717, 1.165) is 42.5 Å². The zero-order valence-corrected chi connectivity index (χ0v) is 11.6. The number of nitrogens with zero attached hydrogens (tertiary/aromatic N) is 1. The molecule has 104 valence electrons. The van der Waals surface area contributed by atoms with Gasteiger partial charge in [0.1, 0.15) is 0 Å². The molecular weight excluding hydrogens is 250 g/mol. The molecule has 2 aromatic rings. The first-order chi connectivity index (χ1) is 9.73. The van der Waals surface area contributed by atoms with Crippen LogP contribution in [-0.4, -0.2) is 24.0 Å². The number of fused-ring (bicyclic) bond motifs is 1. The number of aromatic nitrogens is 1. The van der Waals surface area contributed by atoms with Crippen molar-refractivity contribution < 1.29 is 4.79 Å². The molecule has 1 fully saturated rings. The molecule has 1 aromatic carbocycles. The standard InChI is InChI=1S/C16H19N3O/c1-2-16(7-9-17-11-16)15(20)19-13-5-6-14-12(10-13)4-3-8-18-14/h3-6,8,10,17H,2,7,9,11H2,1H3,(H,19,20). The van der Waals surface area contributed by atoms with E-state index >= 15 is 0 Å². The van der Waals surface area contributed by atoms with Crippen molar-refractivity contribution in [3.63, 3.8) is 0 Å². The van der Waals surface area contributed by atoms with Crippen LogP contribution in [0.25, 0.3) is 10.9 Å². The topological polar surface area (TPSA) is 54.0 Å². The predicted octanol–water partition coefficient (Wildman–Crippen LogP) is 2.56. The molecule has 4 heteroatoms. The van der Waals surface area contributed by atoms with Gasteiger partial charge in [-0.25, -0.2) is 0 Å². The van der Waals surface area contributed by atoms with Crippen molar-refractivity contribution in [1.29, 1.82) is 0 Å². The van der Waals surface area contributed by atoms with Crippen LogP contribution in [0.4, 0.5) is 5.69 Å². The number of anilines is 1. The summed E-state index contributed by atoms with van der Waals surface area (Å²) in [4.78, 5) is 16.8. The Morgan fingerprint density at radius 2 is 2.35 bits per heavy atom. The van der Waals surface area contributed by atoms with Crippen molar-refractivity contribution in [2.24, 2.45) is 5.41 Å². The van der Waals surface area contributed by atoms with Gasteiger partial charge in [0.25, 0.3) is 0 Å². The summed E-state index contributed by atoms with van der Waals surface area (Å²) in [5.74, 6) is 0.119. The third-order valence-electron chi connectivity index (χ3n) is 4.26. The lowest BCUT2D eigenvalue weighted by molar-refractivity contribution is -0.124. The monoisotopic (exact) mass is 269 g/mol. The van der Waals surface area contributed by atoms with E-state index in [-0.39, 0.29) is 11.3 Å². The van der Waals surface area contributed by atoms with Gasteiger partial charge in [0.2, 0.25) is 5.91 Å². The Bertz CT molecular complexity index is 632. The molecule has 0 saturated carbocycles. The Kier molecular flexibility index (Phi) is 3.40. The zero-order chi connectivity index (χ0) is 14.0. The molecule has 0 bridgehead atoms. The molecule has 20 heavy (non-hydrogen) atoms. The van der Waals surface area contributed by atoms with Gasteiger partial charge in [-0.05, 0) is 43.7 Å². The van der Waals surface area contributed by atoms with Gasteiger partial charge in [0, 0.05) is 23.8 Å². The number of carbonyl (C=O) groups excluding carboxylic acids is 1. The summed E-state index contributed by atoms with van der Waals surface area (Å²) in [6, 6.07) is 9.74. The molecule has 3 rings (SSSR count). The van der Waals surface area contributed by atoms with Crippen LogP contribution in [0.2, 0.25) is 0 Å². The van der Waals surface area contributed by atoms with Gasteiger partial charge in [-0.2, -0.15) is 0 Å². The van der Waals surface area contributed by atoms with Crippen molar-refractivity contribution in [2.45, 2.75) is 19.8 Å². The number of hydrogen-bond donors (Lipinski definition) is 2. The van der Waals surface area contributed by atoms with Crippen LogP contribution in [0.3, 0.4) is 0 Å². The van der Waals surface area contributed by atoms with E-state index in [2.05, 4.69) is 22.5 Å². The molecule has 0 aliphatic carbocycles. The lowest BCUT2D eigenvalue weighted by Gasteiger charge is -2.25. The summed E-state index contributed by atoms with van der Waals surface area (Å²) in [5, 5.41) is 7.39. The second kappa shape index (κ2) is 5.21. The van der Waals surface area contributed by atoms with Crippen molar-refractivity contribution in [3.05, 3.63) is 36.5 Å². The maximum absolute atomic E-state index is 12.5. The number of benzene rings is 1. The highest BCUT2D eigenvalue weighted by Crippen LogP contribution is 2.31.